The van der Waals surface area contributed by atoms with Crippen molar-refractivity contribution in [3.63, 3.8) is 0 Å². The standard InChI is InChI=1S/C26H52N6O7/c1-4-32(3)23(26(27)35)9-5-6-12-30-24(33)21-38-20-18-37-16-14-31-25(34)22-39-19-17-36-15-13-29-11-8-7-10-28-2/h23,29H,2,4-22H2,1,3H3,(H2,27,35)(H,30,33)(H,31,34). The summed E-state index contributed by atoms with van der Waals surface area (Å²) in [5.74, 6) is -0.741. The molecule has 0 radical (unpaired) electrons. The Morgan fingerprint density at radius 2 is 1.36 bits per heavy atom. The lowest BCUT2D eigenvalue weighted by atomic mass is 10.1. The molecule has 0 fully saturated rings. The number of hydrogen-bond donors (Lipinski definition) is 4. The second-order valence-electron chi connectivity index (χ2n) is 8.92. The molecule has 0 rings (SSSR count). The Kier molecular flexibility index (Phi) is 25.9. The minimum Gasteiger partial charge on any atom is -0.378 e. The first-order chi connectivity index (χ1) is 18.9. The number of carbonyl (C=O) groups excluding carboxylic acids is 3. The zero-order valence-electron chi connectivity index (χ0n) is 24.0. The van der Waals surface area contributed by atoms with Gasteiger partial charge in [-0.2, -0.15) is 0 Å². The minimum atomic E-state index is -0.323. The Balaban J connectivity index is 3.42. The van der Waals surface area contributed by atoms with E-state index in [-0.39, 0.29) is 43.6 Å². The van der Waals surface area contributed by atoms with E-state index >= 15 is 0 Å². The Morgan fingerprint density at radius 3 is 1.95 bits per heavy atom. The normalized spacial score (nSPS) is 11.9. The van der Waals surface area contributed by atoms with Crippen molar-refractivity contribution in [3.05, 3.63) is 0 Å². The summed E-state index contributed by atoms with van der Waals surface area (Å²) >= 11 is 0. The molecule has 0 aliphatic carbocycles. The highest BCUT2D eigenvalue weighted by molar-refractivity contribution is 5.79. The molecule has 0 saturated carbocycles. The predicted octanol–water partition coefficient (Wildman–Crippen LogP) is -0.668. The molecule has 0 aliphatic rings. The average molecular weight is 561 g/mol. The van der Waals surface area contributed by atoms with Gasteiger partial charge >= 0.3 is 0 Å². The van der Waals surface area contributed by atoms with Gasteiger partial charge in [-0.25, -0.2) is 0 Å². The molecule has 5 N–H and O–H groups in total. The molecule has 13 heteroatoms. The fourth-order valence-corrected chi connectivity index (χ4v) is 3.37. The van der Waals surface area contributed by atoms with Gasteiger partial charge in [0.25, 0.3) is 0 Å². The Labute approximate surface area is 233 Å². The van der Waals surface area contributed by atoms with Gasteiger partial charge in [0.2, 0.25) is 17.7 Å². The molecule has 0 aromatic rings. The first kappa shape index (κ1) is 36.8. The lowest BCUT2D eigenvalue weighted by Gasteiger charge is -2.23. The number of nitrogens with one attached hydrogen (secondary N) is 3. The summed E-state index contributed by atoms with van der Waals surface area (Å²) < 4.78 is 21.4. The van der Waals surface area contributed by atoms with Gasteiger partial charge in [-0.3, -0.25) is 19.3 Å². The van der Waals surface area contributed by atoms with Crippen LogP contribution in [0.4, 0.5) is 0 Å². The van der Waals surface area contributed by atoms with E-state index in [1.165, 1.54) is 0 Å². The van der Waals surface area contributed by atoms with Crippen molar-refractivity contribution in [1.29, 1.82) is 0 Å². The molecule has 13 nitrogen and oxygen atoms in total. The molecule has 39 heavy (non-hydrogen) atoms. The van der Waals surface area contributed by atoms with Crippen molar-refractivity contribution in [3.8, 4) is 0 Å². The SMILES string of the molecule is C=NCCCCNCCOCCOCC(=O)NCCOCCOCC(=O)NCCCCC(C(N)=O)N(C)CC. The van der Waals surface area contributed by atoms with Crippen molar-refractivity contribution in [1.82, 2.24) is 20.9 Å². The number of aliphatic imine (C=N–C) groups is 1. The van der Waals surface area contributed by atoms with E-state index in [0.717, 1.165) is 51.9 Å². The van der Waals surface area contributed by atoms with Crippen LogP contribution < -0.4 is 21.7 Å². The number of nitrogens with two attached hydrogens (primary N) is 1. The highest BCUT2D eigenvalue weighted by atomic mass is 16.5. The number of amides is 3. The maximum atomic E-state index is 11.8. The predicted molar refractivity (Wildman–Crippen MR) is 151 cm³/mol. The summed E-state index contributed by atoms with van der Waals surface area (Å²) in [7, 11) is 1.87. The van der Waals surface area contributed by atoms with Crippen molar-refractivity contribution < 1.29 is 33.3 Å². The summed E-state index contributed by atoms with van der Waals surface area (Å²) in [5.41, 5.74) is 5.44. The van der Waals surface area contributed by atoms with Crippen LogP contribution in [0.3, 0.4) is 0 Å². The van der Waals surface area contributed by atoms with Crippen molar-refractivity contribution >= 4 is 24.4 Å². The fraction of sp³-hybridized carbons (Fsp3) is 0.846. The van der Waals surface area contributed by atoms with Crippen LogP contribution in [0, 0.1) is 0 Å². The lowest BCUT2D eigenvalue weighted by molar-refractivity contribution is -0.127. The quantitative estimate of drug-likeness (QED) is 0.0686. The number of carbonyl (C=O) groups is 3. The largest absolute Gasteiger partial charge is 0.378 e. The summed E-state index contributed by atoms with van der Waals surface area (Å²) in [5, 5.41) is 8.77. The second-order valence-corrected chi connectivity index (χ2v) is 8.92. The van der Waals surface area contributed by atoms with Crippen LogP contribution in [0.5, 0.6) is 0 Å². The number of primary amides is 1. The van der Waals surface area contributed by atoms with Gasteiger partial charge in [-0.1, -0.05) is 6.92 Å². The van der Waals surface area contributed by atoms with E-state index in [0.29, 0.717) is 52.5 Å². The van der Waals surface area contributed by atoms with Crippen LogP contribution in [0.1, 0.15) is 39.0 Å². The zero-order chi connectivity index (χ0) is 29.0. The van der Waals surface area contributed by atoms with Gasteiger partial charge in [0, 0.05) is 26.2 Å². The van der Waals surface area contributed by atoms with Gasteiger partial charge in [0.1, 0.15) is 13.2 Å². The number of rotatable bonds is 29. The summed E-state index contributed by atoms with van der Waals surface area (Å²) in [4.78, 5) is 40.8. The maximum absolute atomic E-state index is 11.8. The number of likely N-dealkylation sites (N-methyl/N-ethyl adjacent to an activating group) is 1. The average Bonchev–Trinajstić information content (AvgIpc) is 2.92. The van der Waals surface area contributed by atoms with Gasteiger partial charge in [0.15, 0.2) is 0 Å². The Morgan fingerprint density at radius 1 is 0.795 bits per heavy atom. The Hall–Kier alpha value is -2.16. The monoisotopic (exact) mass is 560 g/mol. The molecule has 0 aromatic carbocycles. The van der Waals surface area contributed by atoms with E-state index in [1.54, 1.807) is 0 Å². The van der Waals surface area contributed by atoms with Crippen LogP contribution in [-0.2, 0) is 33.3 Å². The van der Waals surface area contributed by atoms with E-state index in [4.69, 9.17) is 24.7 Å². The minimum absolute atomic E-state index is 0.0291. The molecule has 0 aromatic heterocycles. The summed E-state index contributed by atoms with van der Waals surface area (Å²) in [6.07, 6.45) is 4.32. The van der Waals surface area contributed by atoms with Crippen molar-refractivity contribution in [2.75, 3.05) is 99.2 Å². The molecular formula is C26H52N6O7. The van der Waals surface area contributed by atoms with Crippen LogP contribution in [0.25, 0.3) is 0 Å². The molecule has 0 bridgehead atoms. The summed E-state index contributed by atoms with van der Waals surface area (Å²) in [6.45, 7) is 11.8. The molecule has 0 aliphatic heterocycles. The maximum Gasteiger partial charge on any atom is 0.246 e. The number of hydrogen-bond acceptors (Lipinski definition) is 10. The van der Waals surface area contributed by atoms with Crippen LogP contribution in [0.15, 0.2) is 4.99 Å². The highest BCUT2D eigenvalue weighted by Crippen LogP contribution is 2.06. The van der Waals surface area contributed by atoms with Crippen LogP contribution in [-0.4, -0.2) is 135 Å². The first-order valence-corrected chi connectivity index (χ1v) is 13.9. The van der Waals surface area contributed by atoms with E-state index < -0.39 is 0 Å². The topological polar surface area (TPSA) is 166 Å². The molecule has 0 spiro atoms. The first-order valence-electron chi connectivity index (χ1n) is 13.9. The van der Waals surface area contributed by atoms with Gasteiger partial charge in [-0.15, -0.1) is 0 Å². The molecule has 1 atom stereocenters. The third kappa shape index (κ3) is 24.6. The second kappa shape index (κ2) is 27.4. The fourth-order valence-electron chi connectivity index (χ4n) is 3.37. The number of nitrogens with zero attached hydrogens (tertiary/aromatic N) is 2. The van der Waals surface area contributed by atoms with Gasteiger partial charge in [0.05, 0.1) is 45.7 Å². The summed E-state index contributed by atoms with van der Waals surface area (Å²) in [6, 6.07) is -0.278. The van der Waals surface area contributed by atoms with Crippen molar-refractivity contribution in [2.45, 2.75) is 45.1 Å². The molecule has 228 valence electrons. The van der Waals surface area contributed by atoms with Gasteiger partial charge < -0.3 is 45.6 Å². The molecular weight excluding hydrogens is 508 g/mol. The van der Waals surface area contributed by atoms with E-state index in [1.807, 2.05) is 18.9 Å². The highest BCUT2D eigenvalue weighted by Gasteiger charge is 2.18. The van der Waals surface area contributed by atoms with E-state index in [2.05, 4.69) is 27.7 Å². The molecule has 0 heterocycles. The third-order valence-corrected chi connectivity index (χ3v) is 5.71. The number of unbranched alkanes of at least 4 members (excludes halogenated alkanes) is 2. The third-order valence-electron chi connectivity index (χ3n) is 5.71. The lowest BCUT2D eigenvalue weighted by Crippen LogP contribution is -2.42. The van der Waals surface area contributed by atoms with Crippen molar-refractivity contribution in [2.24, 2.45) is 10.7 Å². The molecule has 0 saturated heterocycles. The zero-order valence-corrected chi connectivity index (χ0v) is 24.0. The van der Waals surface area contributed by atoms with Crippen LogP contribution >= 0.6 is 0 Å². The Bertz CT molecular complexity index is 642. The molecule has 3 amide bonds. The molecule has 1 unspecified atom stereocenters. The van der Waals surface area contributed by atoms with E-state index in [9.17, 15) is 14.4 Å². The number of ether oxygens (including phenoxy) is 4. The smallest absolute Gasteiger partial charge is 0.246 e. The van der Waals surface area contributed by atoms with Gasteiger partial charge in [-0.05, 0) is 59.0 Å². The van der Waals surface area contributed by atoms with Crippen LogP contribution in [0.2, 0.25) is 0 Å².